The minimum absolute atomic E-state index is 0.0131. The fraction of sp³-hybridized carbons (Fsp3) is 0.278. The standard InChI is InChI=1S/C18H21O5P/c1-18(2,3)14-10-12-15(13-11-14)22-17(19)24(20,21-4)23-16-8-6-5-7-9-16/h5-13H,1-4H3. The van der Waals surface area contributed by atoms with Crippen LogP contribution in [-0.2, 0) is 14.5 Å². The monoisotopic (exact) mass is 348 g/mol. The number of hydrogen-bond acceptors (Lipinski definition) is 5. The van der Waals surface area contributed by atoms with Crippen molar-refractivity contribution in [2.75, 3.05) is 7.11 Å². The third-order valence-electron chi connectivity index (χ3n) is 3.36. The third kappa shape index (κ3) is 4.47. The summed E-state index contributed by atoms with van der Waals surface area (Å²) in [6.07, 6.45) is 0. The molecule has 0 aromatic heterocycles. The number of ether oxygens (including phenoxy) is 1. The zero-order valence-electron chi connectivity index (χ0n) is 14.2. The number of para-hydroxylation sites is 1. The summed E-state index contributed by atoms with van der Waals surface area (Å²) in [6.45, 7) is 6.25. The molecule has 1 unspecified atom stereocenters. The molecule has 1 atom stereocenters. The van der Waals surface area contributed by atoms with Crippen molar-refractivity contribution >= 4 is 13.3 Å². The highest BCUT2D eigenvalue weighted by molar-refractivity contribution is 7.71. The first-order chi connectivity index (χ1) is 11.2. The Balaban J connectivity index is 2.13. The molecule has 0 amide bonds. The highest BCUT2D eigenvalue weighted by atomic mass is 31.2. The normalized spacial score (nSPS) is 13.8. The molecule has 5 nitrogen and oxygen atoms in total. The van der Waals surface area contributed by atoms with Crippen LogP contribution >= 0.6 is 7.60 Å². The Kier molecular flexibility index (Phi) is 5.47. The van der Waals surface area contributed by atoms with E-state index in [1.54, 1.807) is 42.5 Å². The van der Waals surface area contributed by atoms with Crippen molar-refractivity contribution in [3.63, 3.8) is 0 Å². The van der Waals surface area contributed by atoms with Crippen LogP contribution in [0.2, 0.25) is 0 Å². The zero-order chi connectivity index (χ0) is 17.8. The average Bonchev–Trinajstić information content (AvgIpc) is 2.55. The Labute approximate surface area is 142 Å². The number of hydrogen-bond donors (Lipinski definition) is 0. The van der Waals surface area contributed by atoms with Gasteiger partial charge in [0.05, 0.1) is 0 Å². The van der Waals surface area contributed by atoms with Crippen LogP contribution in [0.25, 0.3) is 0 Å². The second-order valence-electron chi connectivity index (χ2n) is 6.23. The predicted octanol–water partition coefficient (Wildman–Crippen LogP) is 5.40. The molecule has 6 heteroatoms. The highest BCUT2D eigenvalue weighted by Crippen LogP contribution is 2.49. The summed E-state index contributed by atoms with van der Waals surface area (Å²) in [6, 6.07) is 15.4. The topological polar surface area (TPSA) is 61.8 Å². The summed E-state index contributed by atoms with van der Waals surface area (Å²) in [5.74, 6) is 0.546. The summed E-state index contributed by atoms with van der Waals surface area (Å²) in [5, 5.41) is 0. The molecule has 0 aliphatic rings. The quantitative estimate of drug-likeness (QED) is 0.677. The van der Waals surface area contributed by atoms with Crippen LogP contribution in [0.15, 0.2) is 54.6 Å². The first-order valence-electron chi connectivity index (χ1n) is 7.48. The van der Waals surface area contributed by atoms with E-state index in [-0.39, 0.29) is 16.9 Å². The van der Waals surface area contributed by atoms with Crippen molar-refractivity contribution in [1.82, 2.24) is 0 Å². The lowest BCUT2D eigenvalue weighted by atomic mass is 9.87. The molecule has 0 heterocycles. The Hall–Kier alpha value is -2.10. The van der Waals surface area contributed by atoms with Crippen molar-refractivity contribution in [3.05, 3.63) is 60.2 Å². The third-order valence-corrected chi connectivity index (χ3v) is 4.83. The molecular weight excluding hydrogens is 327 g/mol. The Bertz CT molecular complexity index is 732. The lowest BCUT2D eigenvalue weighted by molar-refractivity contribution is 0.210. The van der Waals surface area contributed by atoms with Crippen LogP contribution in [0.4, 0.5) is 4.79 Å². The van der Waals surface area contributed by atoms with Gasteiger partial charge in [0, 0.05) is 7.11 Å². The van der Waals surface area contributed by atoms with Crippen molar-refractivity contribution in [3.8, 4) is 11.5 Å². The van der Waals surface area contributed by atoms with Gasteiger partial charge in [0.15, 0.2) is 0 Å². The van der Waals surface area contributed by atoms with Gasteiger partial charge in [0.1, 0.15) is 11.5 Å². The number of carbonyl (C=O) groups excluding carboxylic acids is 1. The molecule has 128 valence electrons. The van der Waals surface area contributed by atoms with E-state index in [0.717, 1.165) is 12.7 Å². The largest absolute Gasteiger partial charge is 0.488 e. The van der Waals surface area contributed by atoms with Crippen LogP contribution in [0.1, 0.15) is 26.3 Å². The van der Waals surface area contributed by atoms with E-state index < -0.39 is 13.3 Å². The van der Waals surface area contributed by atoms with Gasteiger partial charge < -0.3 is 9.26 Å². The van der Waals surface area contributed by atoms with Crippen LogP contribution in [0.5, 0.6) is 11.5 Å². The lowest BCUT2D eigenvalue weighted by Gasteiger charge is -2.19. The van der Waals surface area contributed by atoms with E-state index in [4.69, 9.17) is 13.8 Å². The molecule has 0 fully saturated rings. The molecule has 0 aliphatic carbocycles. The fourth-order valence-corrected chi connectivity index (χ4v) is 2.86. The molecule has 2 aromatic rings. The van der Waals surface area contributed by atoms with Crippen molar-refractivity contribution < 1.29 is 23.1 Å². The summed E-state index contributed by atoms with van der Waals surface area (Å²) >= 11 is 0. The van der Waals surface area contributed by atoms with Gasteiger partial charge in [-0.15, -0.1) is 0 Å². The zero-order valence-corrected chi connectivity index (χ0v) is 15.1. The molecule has 0 aliphatic heterocycles. The Morgan fingerprint density at radius 3 is 2.00 bits per heavy atom. The summed E-state index contributed by atoms with van der Waals surface area (Å²) in [7, 11) is -2.94. The molecular formula is C18H21O5P. The number of rotatable bonds is 5. The van der Waals surface area contributed by atoms with Crippen LogP contribution in [-0.4, -0.2) is 12.8 Å². The van der Waals surface area contributed by atoms with Crippen molar-refractivity contribution in [2.24, 2.45) is 0 Å². The maximum absolute atomic E-state index is 12.6. The maximum Gasteiger partial charge on any atom is 0.488 e. The van der Waals surface area contributed by atoms with Crippen molar-refractivity contribution in [2.45, 2.75) is 26.2 Å². The van der Waals surface area contributed by atoms with Crippen molar-refractivity contribution in [1.29, 1.82) is 0 Å². The molecule has 0 bridgehead atoms. The van der Waals surface area contributed by atoms with E-state index in [1.807, 2.05) is 12.1 Å². The molecule has 2 rings (SSSR count). The van der Waals surface area contributed by atoms with Crippen LogP contribution in [0.3, 0.4) is 0 Å². The van der Waals surface area contributed by atoms with E-state index in [0.29, 0.717) is 0 Å². The van der Waals surface area contributed by atoms with E-state index in [9.17, 15) is 9.36 Å². The van der Waals surface area contributed by atoms with Gasteiger partial charge in [0.2, 0.25) is 0 Å². The number of benzene rings is 2. The van der Waals surface area contributed by atoms with E-state index >= 15 is 0 Å². The Morgan fingerprint density at radius 1 is 0.917 bits per heavy atom. The number of carbonyl (C=O) groups is 1. The molecule has 0 N–H and O–H groups in total. The summed E-state index contributed by atoms with van der Waals surface area (Å²) in [5.41, 5.74) is 0.0240. The smallest absolute Gasteiger partial charge is 0.417 e. The predicted molar refractivity (Wildman–Crippen MR) is 92.9 cm³/mol. The first kappa shape index (κ1) is 18.2. The van der Waals surface area contributed by atoms with Gasteiger partial charge in [-0.25, -0.2) is 9.36 Å². The first-order valence-corrected chi connectivity index (χ1v) is 9.02. The van der Waals surface area contributed by atoms with Gasteiger partial charge in [-0.1, -0.05) is 51.1 Å². The maximum atomic E-state index is 12.6. The SMILES string of the molecule is COP(=O)(Oc1ccccc1)C(=O)Oc1ccc(C(C)(C)C)cc1. The molecule has 0 saturated carbocycles. The fourth-order valence-electron chi connectivity index (χ4n) is 1.95. The molecule has 0 spiro atoms. The summed E-state index contributed by atoms with van der Waals surface area (Å²) in [4.78, 5) is 12.2. The Morgan fingerprint density at radius 2 is 1.50 bits per heavy atom. The molecule has 2 aromatic carbocycles. The van der Waals surface area contributed by atoms with Gasteiger partial charge >= 0.3 is 13.3 Å². The van der Waals surface area contributed by atoms with E-state index in [1.165, 1.54) is 0 Å². The molecule has 0 radical (unpaired) electrons. The van der Waals surface area contributed by atoms with Crippen LogP contribution < -0.4 is 9.26 Å². The van der Waals surface area contributed by atoms with E-state index in [2.05, 4.69) is 20.8 Å². The van der Waals surface area contributed by atoms with Gasteiger partial charge in [-0.2, -0.15) is 0 Å². The lowest BCUT2D eigenvalue weighted by Crippen LogP contribution is -2.13. The molecule has 24 heavy (non-hydrogen) atoms. The molecule has 0 saturated heterocycles. The second kappa shape index (κ2) is 7.20. The summed E-state index contributed by atoms with van der Waals surface area (Å²) < 4.78 is 27.8. The van der Waals surface area contributed by atoms with Crippen LogP contribution in [0, 0.1) is 0 Å². The minimum atomic E-state index is -4.08. The highest BCUT2D eigenvalue weighted by Gasteiger charge is 2.38. The average molecular weight is 348 g/mol. The van der Waals surface area contributed by atoms with Gasteiger partial charge in [-0.05, 0) is 35.2 Å². The minimum Gasteiger partial charge on any atom is -0.417 e. The van der Waals surface area contributed by atoms with Gasteiger partial charge in [-0.3, -0.25) is 4.52 Å². The second-order valence-corrected chi connectivity index (χ2v) is 8.13. The van der Waals surface area contributed by atoms with Gasteiger partial charge in [0.25, 0.3) is 0 Å².